The number of esters is 2. The van der Waals surface area contributed by atoms with Crippen LogP contribution >= 0.6 is 0 Å². The standard InChI is InChI=1S/2C20H28F6O4/c1-4-15(2,3)14(27)30-17-8-12-5-13(9-17)7-16(6-12,10-17)29-11-18(28,19(21,22)23)20(24,25)26;1-4-16(2,3)15(27)30-14-13-6-11-5-12(7-13)9-17(14,8-11)29-10-18(28,19(21,22)23)20(24,25)26/h12-13,28H,4-11H2,1-3H3;11-14,28H,4-10H2,1-3H3. The molecule has 0 heterocycles. The predicted octanol–water partition coefficient (Wildman–Crippen LogP) is 9.71. The molecule has 0 aliphatic heterocycles. The van der Waals surface area contributed by atoms with E-state index in [0.29, 0.717) is 51.4 Å². The summed E-state index contributed by atoms with van der Waals surface area (Å²) >= 11 is 0. The number of ether oxygens (including phenoxy) is 4. The summed E-state index contributed by atoms with van der Waals surface area (Å²) in [7, 11) is 0. The lowest BCUT2D eigenvalue weighted by Crippen LogP contribution is -2.66. The lowest BCUT2D eigenvalue weighted by molar-refractivity contribution is -0.389. The minimum atomic E-state index is -5.95. The maximum atomic E-state index is 13.1. The van der Waals surface area contributed by atoms with Gasteiger partial charge in [-0.05, 0) is 134 Å². The van der Waals surface area contributed by atoms with Crippen LogP contribution in [0.2, 0.25) is 0 Å². The molecule has 8 fully saturated rings. The van der Waals surface area contributed by atoms with Crippen LogP contribution in [0.4, 0.5) is 52.7 Å². The number of carbonyl (C=O) groups excluding carboxylic acids is 2. The van der Waals surface area contributed by atoms with Crippen molar-refractivity contribution in [3.63, 3.8) is 0 Å². The van der Waals surface area contributed by atoms with Crippen LogP contribution in [-0.4, -0.2) is 94.2 Å². The molecule has 0 aromatic rings. The van der Waals surface area contributed by atoms with E-state index in [-0.39, 0.29) is 48.9 Å². The Kier molecular flexibility index (Phi) is 12.7. The normalized spacial score (nSPS) is 34.3. The second kappa shape index (κ2) is 15.6. The van der Waals surface area contributed by atoms with Gasteiger partial charge in [-0.15, -0.1) is 0 Å². The van der Waals surface area contributed by atoms with E-state index < -0.39 is 94.8 Å². The molecular formula is C40H56F12O8. The molecule has 348 valence electrons. The van der Waals surface area contributed by atoms with Gasteiger partial charge in [0.25, 0.3) is 11.2 Å². The van der Waals surface area contributed by atoms with E-state index in [2.05, 4.69) is 0 Å². The zero-order valence-corrected chi connectivity index (χ0v) is 34.5. The molecule has 5 unspecified atom stereocenters. The number of hydrogen-bond acceptors (Lipinski definition) is 8. The van der Waals surface area contributed by atoms with E-state index >= 15 is 0 Å². The lowest BCUT2D eigenvalue weighted by Gasteiger charge is -2.61. The number of halogens is 12. The first-order chi connectivity index (χ1) is 27.0. The Hall–Kier alpha value is -2.06. The second-order valence-corrected chi connectivity index (χ2v) is 20.0. The predicted molar refractivity (Wildman–Crippen MR) is 187 cm³/mol. The summed E-state index contributed by atoms with van der Waals surface area (Å²) in [6.45, 7) is 6.53. The van der Waals surface area contributed by atoms with Crippen LogP contribution in [0.5, 0.6) is 0 Å². The fourth-order valence-electron chi connectivity index (χ4n) is 10.8. The van der Waals surface area contributed by atoms with Crippen LogP contribution < -0.4 is 0 Å². The maximum Gasteiger partial charge on any atom is 0.428 e. The van der Waals surface area contributed by atoms with Crippen molar-refractivity contribution in [2.24, 2.45) is 40.4 Å². The van der Waals surface area contributed by atoms with Gasteiger partial charge in [0.05, 0.1) is 29.6 Å². The van der Waals surface area contributed by atoms with Crippen molar-refractivity contribution in [3.8, 4) is 0 Å². The first-order valence-electron chi connectivity index (χ1n) is 20.5. The van der Waals surface area contributed by atoms with Crippen LogP contribution in [0.25, 0.3) is 0 Å². The first-order valence-corrected chi connectivity index (χ1v) is 20.5. The van der Waals surface area contributed by atoms with Gasteiger partial charge in [0.2, 0.25) is 0 Å². The fraction of sp³-hybridized carbons (Fsp3) is 0.950. The molecule has 0 aromatic carbocycles. The largest absolute Gasteiger partial charge is 0.459 e. The smallest absolute Gasteiger partial charge is 0.428 e. The Balaban J connectivity index is 0.000000228. The van der Waals surface area contributed by atoms with Crippen molar-refractivity contribution >= 4 is 11.9 Å². The average molecular weight is 893 g/mol. The Morgan fingerprint density at radius 1 is 0.550 bits per heavy atom. The van der Waals surface area contributed by atoms with Crippen LogP contribution in [0.3, 0.4) is 0 Å². The molecule has 20 heteroatoms. The Bertz CT molecular complexity index is 1530. The van der Waals surface area contributed by atoms with Crippen LogP contribution in [0, 0.1) is 40.4 Å². The quantitative estimate of drug-likeness (QED) is 0.147. The summed E-state index contributed by atoms with van der Waals surface area (Å²) in [6, 6.07) is 0. The van der Waals surface area contributed by atoms with Gasteiger partial charge in [-0.2, -0.15) is 52.7 Å². The third kappa shape index (κ3) is 9.00. The van der Waals surface area contributed by atoms with Crippen molar-refractivity contribution in [1.29, 1.82) is 0 Å². The second-order valence-electron chi connectivity index (χ2n) is 20.0. The Morgan fingerprint density at radius 3 is 1.35 bits per heavy atom. The molecule has 0 saturated heterocycles. The highest BCUT2D eigenvalue weighted by atomic mass is 19.4. The SMILES string of the molecule is CCC(C)(C)C(=O)OC12CC3CC(CC(OCC(O)(C(F)(F)F)C(F)(F)F)(C3)C1)C2.CCC(C)(C)C(=O)OC1C2CC3CC(C2)CC1(OCC(O)(C(F)(F)F)C(F)(F)F)C3. The van der Waals surface area contributed by atoms with E-state index in [1.807, 2.05) is 6.92 Å². The number of carbonyl (C=O) groups is 2. The molecule has 60 heavy (non-hydrogen) atoms. The van der Waals surface area contributed by atoms with Gasteiger partial charge < -0.3 is 29.2 Å². The topological polar surface area (TPSA) is 112 Å². The van der Waals surface area contributed by atoms with Crippen LogP contribution in [-0.2, 0) is 28.5 Å². The molecule has 8 saturated carbocycles. The van der Waals surface area contributed by atoms with E-state index in [1.54, 1.807) is 34.6 Å². The van der Waals surface area contributed by atoms with Crippen molar-refractivity contribution < 1.29 is 91.4 Å². The van der Waals surface area contributed by atoms with Gasteiger partial charge in [0.1, 0.15) is 17.3 Å². The lowest BCUT2D eigenvalue weighted by atomic mass is 9.52. The van der Waals surface area contributed by atoms with Crippen LogP contribution in [0.15, 0.2) is 0 Å². The molecule has 8 aliphatic carbocycles. The molecular weight excluding hydrogens is 836 g/mol. The summed E-state index contributed by atoms with van der Waals surface area (Å²) in [5, 5.41) is 19.0. The number of alkyl halides is 12. The summed E-state index contributed by atoms with van der Waals surface area (Å²) in [4.78, 5) is 25.3. The van der Waals surface area contributed by atoms with Gasteiger partial charge in [-0.1, -0.05) is 13.8 Å². The molecule has 8 rings (SSSR count). The van der Waals surface area contributed by atoms with Crippen molar-refractivity contribution in [2.45, 2.75) is 184 Å². The minimum absolute atomic E-state index is 0.00587. The van der Waals surface area contributed by atoms with Gasteiger partial charge in [0, 0.05) is 6.42 Å². The van der Waals surface area contributed by atoms with Gasteiger partial charge in [-0.3, -0.25) is 9.59 Å². The highest BCUT2D eigenvalue weighted by Crippen LogP contribution is 2.62. The average Bonchev–Trinajstić information content (AvgIpc) is 3.08. The van der Waals surface area contributed by atoms with Gasteiger partial charge in [0.15, 0.2) is 0 Å². The summed E-state index contributed by atoms with van der Waals surface area (Å²) in [5.74, 6) is -0.959. The van der Waals surface area contributed by atoms with Gasteiger partial charge in [-0.25, -0.2) is 0 Å². The Labute approximate surface area is 340 Å². The van der Waals surface area contributed by atoms with Crippen molar-refractivity contribution in [2.75, 3.05) is 13.2 Å². The highest BCUT2D eigenvalue weighted by Gasteiger charge is 2.73. The number of hydrogen-bond donors (Lipinski definition) is 2. The fourth-order valence-corrected chi connectivity index (χ4v) is 10.8. The summed E-state index contributed by atoms with van der Waals surface area (Å²) < 4.78 is 179. The molecule has 8 nitrogen and oxygen atoms in total. The first kappa shape index (κ1) is 49.0. The van der Waals surface area contributed by atoms with E-state index in [0.717, 1.165) is 12.8 Å². The van der Waals surface area contributed by atoms with E-state index in [1.165, 1.54) is 0 Å². The molecule has 0 amide bonds. The van der Waals surface area contributed by atoms with Gasteiger partial charge >= 0.3 is 36.6 Å². The molecule has 5 atom stereocenters. The zero-order chi connectivity index (χ0) is 45.6. The number of rotatable bonds is 12. The van der Waals surface area contributed by atoms with Crippen LogP contribution in [0.1, 0.15) is 125 Å². The molecule has 0 aromatic heterocycles. The molecule has 8 bridgehead atoms. The molecule has 0 spiro atoms. The summed E-state index contributed by atoms with van der Waals surface area (Å²) in [5.41, 5.74) is -15.2. The number of aliphatic hydroxyl groups is 2. The highest BCUT2D eigenvalue weighted by molar-refractivity contribution is 5.76. The maximum absolute atomic E-state index is 13.1. The summed E-state index contributed by atoms with van der Waals surface area (Å²) in [6.07, 6.45) is -18.5. The van der Waals surface area contributed by atoms with Crippen molar-refractivity contribution in [3.05, 3.63) is 0 Å². The Morgan fingerprint density at radius 2 is 0.933 bits per heavy atom. The zero-order valence-electron chi connectivity index (χ0n) is 34.5. The third-order valence-electron chi connectivity index (χ3n) is 14.6. The minimum Gasteiger partial charge on any atom is -0.459 e. The molecule has 8 aliphatic rings. The van der Waals surface area contributed by atoms with Crippen molar-refractivity contribution in [1.82, 2.24) is 0 Å². The van der Waals surface area contributed by atoms with E-state index in [4.69, 9.17) is 18.9 Å². The molecule has 0 radical (unpaired) electrons. The third-order valence-corrected chi connectivity index (χ3v) is 14.6. The monoisotopic (exact) mass is 892 g/mol. The van der Waals surface area contributed by atoms with E-state index in [9.17, 15) is 72.5 Å². The molecule has 2 N–H and O–H groups in total.